The summed E-state index contributed by atoms with van der Waals surface area (Å²) in [5.41, 5.74) is 0. The van der Waals surface area contributed by atoms with Gasteiger partial charge in [0.15, 0.2) is 0 Å². The van der Waals surface area contributed by atoms with Crippen molar-refractivity contribution in [2.75, 3.05) is 4.43 Å². The van der Waals surface area contributed by atoms with Crippen molar-refractivity contribution in [1.29, 1.82) is 0 Å². The van der Waals surface area contributed by atoms with Gasteiger partial charge in [-0.15, -0.1) is 0 Å². The summed E-state index contributed by atoms with van der Waals surface area (Å²) in [7, 11) is 0. The summed E-state index contributed by atoms with van der Waals surface area (Å²) >= 11 is 2.50. The molecule has 0 aliphatic heterocycles. The summed E-state index contributed by atoms with van der Waals surface area (Å²) in [6.07, 6.45) is 4.45. The van der Waals surface area contributed by atoms with Gasteiger partial charge in [-0.05, 0) is 18.3 Å². The molecule has 0 radical (unpaired) electrons. The molecule has 0 amide bonds. The van der Waals surface area contributed by atoms with Gasteiger partial charge in [-0.2, -0.15) is 0 Å². The number of halogens is 1. The maximum absolute atomic E-state index is 2.50. The van der Waals surface area contributed by atoms with Crippen LogP contribution in [-0.4, -0.2) is 4.43 Å². The number of rotatable bonds is 1. The monoisotopic (exact) mass is 224 g/mol. The lowest BCUT2D eigenvalue weighted by Gasteiger charge is -2.09. The SMILES string of the molecule is C[C@@H]1CCC[C@@H]1CI. The van der Waals surface area contributed by atoms with E-state index in [0.29, 0.717) is 0 Å². The first-order valence-corrected chi connectivity index (χ1v) is 4.93. The van der Waals surface area contributed by atoms with Crippen LogP contribution in [0.4, 0.5) is 0 Å². The molecule has 0 N–H and O–H groups in total. The van der Waals surface area contributed by atoms with E-state index >= 15 is 0 Å². The maximum atomic E-state index is 2.50. The minimum absolute atomic E-state index is 1.02. The Morgan fingerprint density at radius 2 is 2.25 bits per heavy atom. The van der Waals surface area contributed by atoms with Crippen molar-refractivity contribution < 1.29 is 0 Å². The van der Waals surface area contributed by atoms with Crippen molar-refractivity contribution in [3.05, 3.63) is 0 Å². The minimum Gasteiger partial charge on any atom is -0.0861 e. The quantitative estimate of drug-likeness (QED) is 0.474. The first kappa shape index (κ1) is 6.84. The molecule has 1 rings (SSSR count). The van der Waals surface area contributed by atoms with E-state index in [1.54, 1.807) is 0 Å². The van der Waals surface area contributed by atoms with Gasteiger partial charge in [0.05, 0.1) is 0 Å². The summed E-state index contributed by atoms with van der Waals surface area (Å²) in [5.74, 6) is 2.07. The molecule has 0 unspecified atom stereocenters. The normalized spacial score (nSPS) is 38.2. The Bertz CT molecular complexity index is 70.8. The van der Waals surface area contributed by atoms with Crippen LogP contribution in [0.15, 0.2) is 0 Å². The third kappa shape index (κ3) is 1.36. The third-order valence-corrected chi connectivity index (χ3v) is 3.37. The lowest BCUT2D eigenvalue weighted by molar-refractivity contribution is 0.470. The van der Waals surface area contributed by atoms with Crippen LogP contribution in [0.25, 0.3) is 0 Å². The molecule has 48 valence electrons. The molecule has 0 aromatic carbocycles. The van der Waals surface area contributed by atoms with Crippen molar-refractivity contribution >= 4 is 22.6 Å². The van der Waals surface area contributed by atoms with Crippen LogP contribution in [0.3, 0.4) is 0 Å². The lowest BCUT2D eigenvalue weighted by Crippen LogP contribution is -2.03. The Labute approximate surface area is 65.2 Å². The molecule has 1 aliphatic carbocycles. The molecule has 1 heteroatoms. The van der Waals surface area contributed by atoms with Gasteiger partial charge in [0.25, 0.3) is 0 Å². The molecule has 0 nitrogen and oxygen atoms in total. The Morgan fingerprint density at radius 3 is 2.50 bits per heavy atom. The topological polar surface area (TPSA) is 0 Å². The first-order valence-electron chi connectivity index (χ1n) is 3.40. The van der Waals surface area contributed by atoms with Crippen molar-refractivity contribution in [3.63, 3.8) is 0 Å². The van der Waals surface area contributed by atoms with Gasteiger partial charge in [-0.25, -0.2) is 0 Å². The zero-order valence-electron chi connectivity index (χ0n) is 5.36. The highest BCUT2D eigenvalue weighted by atomic mass is 127. The molecule has 0 bridgehead atoms. The van der Waals surface area contributed by atoms with Crippen molar-refractivity contribution in [1.82, 2.24) is 0 Å². The third-order valence-electron chi connectivity index (χ3n) is 2.24. The molecular formula is C7H13I. The molecule has 0 aromatic heterocycles. The van der Waals surface area contributed by atoms with Crippen molar-refractivity contribution in [3.8, 4) is 0 Å². The molecule has 1 aliphatic rings. The van der Waals surface area contributed by atoms with Gasteiger partial charge in [-0.1, -0.05) is 42.4 Å². The van der Waals surface area contributed by atoms with E-state index in [1.807, 2.05) is 0 Å². The highest BCUT2D eigenvalue weighted by Crippen LogP contribution is 2.32. The zero-order chi connectivity index (χ0) is 5.98. The van der Waals surface area contributed by atoms with Gasteiger partial charge >= 0.3 is 0 Å². The van der Waals surface area contributed by atoms with Crippen molar-refractivity contribution in [2.45, 2.75) is 26.2 Å². The summed E-state index contributed by atoms with van der Waals surface area (Å²) in [5, 5.41) is 0. The van der Waals surface area contributed by atoms with Crippen LogP contribution >= 0.6 is 22.6 Å². The highest BCUT2D eigenvalue weighted by molar-refractivity contribution is 14.1. The van der Waals surface area contributed by atoms with Gasteiger partial charge in [-0.3, -0.25) is 0 Å². The molecule has 0 heterocycles. The Morgan fingerprint density at radius 1 is 1.50 bits per heavy atom. The number of hydrogen-bond acceptors (Lipinski definition) is 0. The van der Waals surface area contributed by atoms with Crippen LogP contribution in [0.2, 0.25) is 0 Å². The van der Waals surface area contributed by atoms with Crippen LogP contribution < -0.4 is 0 Å². The predicted molar refractivity (Wildman–Crippen MR) is 45.4 cm³/mol. The maximum Gasteiger partial charge on any atom is 0.00262 e. The van der Waals surface area contributed by atoms with Gasteiger partial charge < -0.3 is 0 Å². The largest absolute Gasteiger partial charge is 0.0861 e. The second-order valence-corrected chi connectivity index (χ2v) is 3.70. The second kappa shape index (κ2) is 3.04. The molecule has 1 fully saturated rings. The van der Waals surface area contributed by atoms with E-state index in [4.69, 9.17) is 0 Å². The molecule has 8 heavy (non-hydrogen) atoms. The van der Waals surface area contributed by atoms with E-state index in [1.165, 1.54) is 23.7 Å². The summed E-state index contributed by atoms with van der Waals surface area (Å²) in [6, 6.07) is 0. The van der Waals surface area contributed by atoms with Crippen LogP contribution in [0.5, 0.6) is 0 Å². The fourth-order valence-electron chi connectivity index (χ4n) is 1.45. The van der Waals surface area contributed by atoms with E-state index in [2.05, 4.69) is 29.5 Å². The summed E-state index contributed by atoms with van der Waals surface area (Å²) < 4.78 is 1.37. The minimum atomic E-state index is 1.02. The standard InChI is InChI=1S/C7H13I/c1-6-3-2-4-7(6)5-8/h6-7H,2-5H2,1H3/t6-,7-/m1/s1. The molecule has 0 aromatic rings. The average Bonchev–Trinajstić information content (AvgIpc) is 2.14. The average molecular weight is 224 g/mol. The Balaban J connectivity index is 2.30. The van der Waals surface area contributed by atoms with Crippen LogP contribution in [-0.2, 0) is 0 Å². The smallest absolute Gasteiger partial charge is 0.00262 e. The van der Waals surface area contributed by atoms with Crippen LogP contribution in [0, 0.1) is 11.8 Å². The Kier molecular flexibility index (Phi) is 2.60. The van der Waals surface area contributed by atoms with Gasteiger partial charge in [0.2, 0.25) is 0 Å². The first-order chi connectivity index (χ1) is 3.84. The molecule has 0 spiro atoms. The molecule has 0 saturated heterocycles. The summed E-state index contributed by atoms with van der Waals surface area (Å²) in [6.45, 7) is 2.39. The van der Waals surface area contributed by atoms with Gasteiger partial charge in [0.1, 0.15) is 0 Å². The zero-order valence-corrected chi connectivity index (χ0v) is 7.52. The predicted octanol–water partition coefficient (Wildman–Crippen LogP) is 2.86. The van der Waals surface area contributed by atoms with E-state index in [9.17, 15) is 0 Å². The fraction of sp³-hybridized carbons (Fsp3) is 1.00. The lowest BCUT2D eigenvalue weighted by atomic mass is 10.0. The van der Waals surface area contributed by atoms with Crippen molar-refractivity contribution in [2.24, 2.45) is 11.8 Å². The highest BCUT2D eigenvalue weighted by Gasteiger charge is 2.21. The molecular weight excluding hydrogens is 211 g/mol. The van der Waals surface area contributed by atoms with E-state index in [0.717, 1.165) is 11.8 Å². The van der Waals surface area contributed by atoms with Gasteiger partial charge in [0, 0.05) is 4.43 Å². The molecule has 1 saturated carbocycles. The summed E-state index contributed by atoms with van der Waals surface area (Å²) in [4.78, 5) is 0. The van der Waals surface area contributed by atoms with Crippen LogP contribution in [0.1, 0.15) is 26.2 Å². The second-order valence-electron chi connectivity index (χ2n) is 2.82. The number of hydrogen-bond donors (Lipinski definition) is 0. The Hall–Kier alpha value is 0.730. The molecule has 2 atom stereocenters. The fourth-order valence-corrected chi connectivity index (χ4v) is 2.76. The number of alkyl halides is 1. The van der Waals surface area contributed by atoms with E-state index in [-0.39, 0.29) is 0 Å². The van der Waals surface area contributed by atoms with E-state index < -0.39 is 0 Å².